The van der Waals surface area contributed by atoms with Crippen LogP contribution in [-0.4, -0.2) is 37.2 Å². The molecule has 0 aromatic rings. The van der Waals surface area contributed by atoms with Gasteiger partial charge >= 0.3 is 17.9 Å². The Labute approximate surface area is 412 Å². The molecule has 0 aliphatic heterocycles. The first-order chi connectivity index (χ1) is 32.3. The molecule has 0 fully saturated rings. The summed E-state index contributed by atoms with van der Waals surface area (Å²) in [5.41, 5.74) is 0. The van der Waals surface area contributed by atoms with Crippen LogP contribution in [-0.2, 0) is 28.6 Å². The summed E-state index contributed by atoms with van der Waals surface area (Å²) in [5, 5.41) is 0. The highest BCUT2D eigenvalue weighted by atomic mass is 16.6. The number of hydrogen-bond acceptors (Lipinski definition) is 6. The van der Waals surface area contributed by atoms with Crippen LogP contribution in [0.25, 0.3) is 0 Å². The summed E-state index contributed by atoms with van der Waals surface area (Å²) in [7, 11) is 0. The minimum atomic E-state index is -0.763. The fourth-order valence-corrected chi connectivity index (χ4v) is 9.16. The lowest BCUT2D eigenvalue weighted by molar-refractivity contribution is -0.167. The van der Waals surface area contributed by atoms with Gasteiger partial charge in [-0.15, -0.1) is 0 Å². The zero-order valence-electron chi connectivity index (χ0n) is 45.3. The summed E-state index contributed by atoms with van der Waals surface area (Å²) < 4.78 is 16.9. The van der Waals surface area contributed by atoms with Crippen LogP contribution in [0.1, 0.15) is 336 Å². The van der Waals surface area contributed by atoms with Crippen molar-refractivity contribution in [2.45, 2.75) is 343 Å². The van der Waals surface area contributed by atoms with Crippen LogP contribution in [0.3, 0.4) is 0 Å². The van der Waals surface area contributed by atoms with Crippen molar-refractivity contribution in [1.82, 2.24) is 0 Å². The van der Waals surface area contributed by atoms with Crippen molar-refractivity contribution in [3.63, 3.8) is 0 Å². The molecule has 3 atom stereocenters. The molecule has 0 aliphatic carbocycles. The van der Waals surface area contributed by atoms with E-state index < -0.39 is 6.10 Å². The minimum absolute atomic E-state index is 0.0627. The zero-order chi connectivity index (χ0) is 48.2. The SMILES string of the molecule is CCCCCCCCCCCCCCC(=O)OC[C@@H](COC(=O)CCCCCCCCCCCCCCCCCCCCC(C)CC)OC(=O)CCCCCCCCCCCCC(C)CC. The predicted molar refractivity (Wildman–Crippen MR) is 284 cm³/mol. The number of carbonyl (C=O) groups excluding carboxylic acids is 3. The molecule has 0 spiro atoms. The first kappa shape index (κ1) is 64.4. The lowest BCUT2D eigenvalue weighted by Crippen LogP contribution is -2.30. The van der Waals surface area contributed by atoms with E-state index in [1.165, 1.54) is 225 Å². The highest BCUT2D eigenvalue weighted by Gasteiger charge is 2.19. The van der Waals surface area contributed by atoms with Gasteiger partial charge in [0.2, 0.25) is 0 Å². The van der Waals surface area contributed by atoms with Gasteiger partial charge in [-0.1, -0.05) is 298 Å². The summed E-state index contributed by atoms with van der Waals surface area (Å²) in [6, 6.07) is 0. The van der Waals surface area contributed by atoms with Gasteiger partial charge in [-0.05, 0) is 31.1 Å². The van der Waals surface area contributed by atoms with Crippen LogP contribution in [0.5, 0.6) is 0 Å². The average molecular weight is 934 g/mol. The van der Waals surface area contributed by atoms with Gasteiger partial charge in [0.1, 0.15) is 13.2 Å². The topological polar surface area (TPSA) is 78.9 Å². The Morgan fingerprint density at radius 2 is 0.530 bits per heavy atom. The molecule has 0 bridgehead atoms. The van der Waals surface area contributed by atoms with Crippen LogP contribution < -0.4 is 0 Å². The summed E-state index contributed by atoms with van der Waals surface area (Å²) in [6.45, 7) is 11.5. The van der Waals surface area contributed by atoms with Crippen molar-refractivity contribution in [2.75, 3.05) is 13.2 Å². The Kier molecular flexibility index (Phi) is 51.5. The van der Waals surface area contributed by atoms with Gasteiger partial charge in [-0.3, -0.25) is 14.4 Å². The van der Waals surface area contributed by atoms with Gasteiger partial charge in [0.05, 0.1) is 0 Å². The van der Waals surface area contributed by atoms with Crippen LogP contribution in [0.2, 0.25) is 0 Å². The van der Waals surface area contributed by atoms with E-state index in [0.717, 1.165) is 69.6 Å². The van der Waals surface area contributed by atoms with E-state index >= 15 is 0 Å². The van der Waals surface area contributed by atoms with Gasteiger partial charge in [0.25, 0.3) is 0 Å². The fraction of sp³-hybridized carbons (Fsp3) is 0.950. The second-order valence-corrected chi connectivity index (χ2v) is 21.1. The molecule has 0 aromatic heterocycles. The molecule has 6 nitrogen and oxygen atoms in total. The maximum Gasteiger partial charge on any atom is 0.306 e. The summed E-state index contributed by atoms with van der Waals surface area (Å²) in [6.07, 6.45) is 56.6. The number of esters is 3. The number of rotatable bonds is 54. The fourth-order valence-electron chi connectivity index (χ4n) is 9.16. The molecule has 0 aliphatic rings. The van der Waals surface area contributed by atoms with Crippen molar-refractivity contribution < 1.29 is 28.6 Å². The number of hydrogen-bond donors (Lipinski definition) is 0. The molecule has 0 saturated carbocycles. The van der Waals surface area contributed by atoms with Crippen molar-refractivity contribution >= 4 is 17.9 Å². The molecule has 6 heteroatoms. The van der Waals surface area contributed by atoms with E-state index in [0.29, 0.717) is 19.3 Å². The van der Waals surface area contributed by atoms with Gasteiger partial charge in [-0.2, -0.15) is 0 Å². The van der Waals surface area contributed by atoms with E-state index in [9.17, 15) is 14.4 Å². The highest BCUT2D eigenvalue weighted by Crippen LogP contribution is 2.19. The number of carbonyl (C=O) groups is 3. The average Bonchev–Trinajstić information content (AvgIpc) is 3.32. The van der Waals surface area contributed by atoms with E-state index in [4.69, 9.17) is 14.2 Å². The van der Waals surface area contributed by atoms with Crippen LogP contribution in [0.4, 0.5) is 0 Å². The summed E-state index contributed by atoms with van der Waals surface area (Å²) >= 11 is 0. The number of ether oxygens (including phenoxy) is 3. The van der Waals surface area contributed by atoms with Crippen molar-refractivity contribution in [3.05, 3.63) is 0 Å². The third kappa shape index (κ3) is 50.3. The molecule has 0 aromatic carbocycles. The van der Waals surface area contributed by atoms with Crippen LogP contribution >= 0.6 is 0 Å². The Morgan fingerprint density at radius 3 is 0.788 bits per heavy atom. The smallest absolute Gasteiger partial charge is 0.306 e. The van der Waals surface area contributed by atoms with E-state index in [1.54, 1.807) is 0 Å². The normalized spacial score (nSPS) is 12.9. The maximum absolute atomic E-state index is 12.8. The first-order valence-corrected chi connectivity index (χ1v) is 29.8. The van der Waals surface area contributed by atoms with Gasteiger partial charge in [0, 0.05) is 19.3 Å². The van der Waals surface area contributed by atoms with E-state index in [2.05, 4.69) is 34.6 Å². The third-order valence-electron chi connectivity index (χ3n) is 14.4. The molecule has 0 radical (unpaired) electrons. The lowest BCUT2D eigenvalue weighted by atomic mass is 9.99. The van der Waals surface area contributed by atoms with Gasteiger partial charge in [0.15, 0.2) is 6.10 Å². The van der Waals surface area contributed by atoms with Gasteiger partial charge in [-0.25, -0.2) is 0 Å². The van der Waals surface area contributed by atoms with Crippen molar-refractivity contribution in [1.29, 1.82) is 0 Å². The van der Waals surface area contributed by atoms with E-state index in [-0.39, 0.29) is 31.1 Å². The van der Waals surface area contributed by atoms with Crippen molar-refractivity contribution in [2.24, 2.45) is 11.8 Å². The molecule has 66 heavy (non-hydrogen) atoms. The Hall–Kier alpha value is -1.59. The molecule has 0 amide bonds. The molecule has 0 heterocycles. The Balaban J connectivity index is 4.22. The monoisotopic (exact) mass is 933 g/mol. The minimum Gasteiger partial charge on any atom is -0.462 e. The quantitative estimate of drug-likeness (QED) is 0.0343. The standard InChI is InChI=1S/C60H116O6/c1-6-9-10-11-12-13-14-24-30-35-40-45-50-58(61)64-53-57(66-60(63)52-47-42-37-32-27-26-29-34-39-44-49-56(5)8-3)54-65-59(62)51-46-41-36-31-25-22-20-18-16-15-17-19-21-23-28-33-38-43-48-55(4)7-2/h55-57H,6-54H2,1-5H3/t55?,56?,57-/m0/s1. The second-order valence-electron chi connectivity index (χ2n) is 21.1. The third-order valence-corrected chi connectivity index (χ3v) is 14.4. The molecular formula is C60H116O6. The van der Waals surface area contributed by atoms with Gasteiger partial charge < -0.3 is 14.2 Å². The lowest BCUT2D eigenvalue weighted by Gasteiger charge is -2.18. The molecule has 0 saturated heterocycles. The van der Waals surface area contributed by atoms with Crippen LogP contribution in [0, 0.1) is 11.8 Å². The number of unbranched alkanes of at least 4 members (excludes halogenated alkanes) is 37. The zero-order valence-corrected chi connectivity index (χ0v) is 45.3. The Morgan fingerprint density at radius 1 is 0.303 bits per heavy atom. The highest BCUT2D eigenvalue weighted by molar-refractivity contribution is 5.71. The first-order valence-electron chi connectivity index (χ1n) is 29.8. The van der Waals surface area contributed by atoms with Crippen LogP contribution in [0.15, 0.2) is 0 Å². The second kappa shape index (κ2) is 52.8. The molecule has 0 N–H and O–H groups in total. The Bertz CT molecular complexity index is 1010. The summed E-state index contributed by atoms with van der Waals surface area (Å²) in [5.74, 6) is 0.938. The summed E-state index contributed by atoms with van der Waals surface area (Å²) in [4.78, 5) is 38.1. The molecule has 0 rings (SSSR count). The molecular weight excluding hydrogens is 817 g/mol. The maximum atomic E-state index is 12.8. The predicted octanol–water partition coefficient (Wildman–Crippen LogP) is 19.7. The largest absolute Gasteiger partial charge is 0.462 e. The van der Waals surface area contributed by atoms with Crippen molar-refractivity contribution in [3.8, 4) is 0 Å². The molecule has 392 valence electrons. The molecule has 2 unspecified atom stereocenters. The van der Waals surface area contributed by atoms with E-state index in [1.807, 2.05) is 0 Å².